The molecule has 1 N–H and O–H groups in total. The Bertz CT molecular complexity index is 668. The Morgan fingerprint density at radius 1 is 0.500 bits per heavy atom. The standard InChI is InChI=1S/C40H74O4/c1-3-5-6-7-8-9-10-11-13-18-21-24-27-30-33-37-40(43)44-38(34-4-2)35-31-28-25-22-19-16-14-12-15-17-20-23-26-29-32-36-39(41)42/h8-9,11,13,38H,3-7,10,12,14-37H2,1-2H3,(H,41,42)/b9-8-,13-11-. The van der Waals surface area contributed by atoms with Crippen LogP contribution in [0.5, 0.6) is 0 Å². The first-order valence-corrected chi connectivity index (χ1v) is 19.3. The summed E-state index contributed by atoms with van der Waals surface area (Å²) in [6.07, 6.45) is 45.5. The van der Waals surface area contributed by atoms with Gasteiger partial charge in [-0.25, -0.2) is 0 Å². The largest absolute Gasteiger partial charge is 0.481 e. The maximum atomic E-state index is 12.4. The fraction of sp³-hybridized carbons (Fsp3) is 0.850. The van der Waals surface area contributed by atoms with Crippen molar-refractivity contribution in [1.29, 1.82) is 0 Å². The number of hydrogen-bond donors (Lipinski definition) is 1. The van der Waals surface area contributed by atoms with Crippen molar-refractivity contribution in [3.05, 3.63) is 24.3 Å². The third-order valence-corrected chi connectivity index (χ3v) is 8.66. The highest BCUT2D eigenvalue weighted by Gasteiger charge is 2.13. The molecule has 0 aromatic rings. The lowest BCUT2D eigenvalue weighted by Gasteiger charge is -2.17. The molecular weight excluding hydrogens is 544 g/mol. The van der Waals surface area contributed by atoms with E-state index in [-0.39, 0.29) is 12.1 Å². The lowest BCUT2D eigenvalue weighted by molar-refractivity contribution is -0.150. The van der Waals surface area contributed by atoms with Crippen molar-refractivity contribution in [1.82, 2.24) is 0 Å². The van der Waals surface area contributed by atoms with Crippen LogP contribution in [0, 0.1) is 0 Å². The van der Waals surface area contributed by atoms with Crippen LogP contribution in [0.2, 0.25) is 0 Å². The molecule has 258 valence electrons. The van der Waals surface area contributed by atoms with Crippen molar-refractivity contribution in [2.45, 2.75) is 219 Å². The maximum Gasteiger partial charge on any atom is 0.306 e. The Morgan fingerprint density at radius 3 is 1.41 bits per heavy atom. The minimum Gasteiger partial charge on any atom is -0.481 e. The van der Waals surface area contributed by atoms with Gasteiger partial charge < -0.3 is 9.84 Å². The van der Waals surface area contributed by atoms with Crippen LogP contribution in [0.1, 0.15) is 213 Å². The zero-order chi connectivity index (χ0) is 32.2. The zero-order valence-electron chi connectivity index (χ0n) is 29.5. The predicted molar refractivity (Wildman–Crippen MR) is 190 cm³/mol. The second-order valence-electron chi connectivity index (χ2n) is 13.1. The molecule has 1 atom stereocenters. The lowest BCUT2D eigenvalue weighted by atomic mass is 10.0. The van der Waals surface area contributed by atoms with Gasteiger partial charge >= 0.3 is 11.9 Å². The van der Waals surface area contributed by atoms with Crippen molar-refractivity contribution >= 4 is 11.9 Å². The van der Waals surface area contributed by atoms with Gasteiger partial charge in [-0.2, -0.15) is 0 Å². The molecule has 0 aliphatic carbocycles. The summed E-state index contributed by atoms with van der Waals surface area (Å²) in [7, 11) is 0. The Balaban J connectivity index is 3.55. The number of carboxylic acids is 1. The summed E-state index contributed by atoms with van der Waals surface area (Å²) in [6, 6.07) is 0. The van der Waals surface area contributed by atoms with Crippen LogP contribution in [-0.4, -0.2) is 23.1 Å². The number of carboxylic acid groups (broad SMARTS) is 1. The van der Waals surface area contributed by atoms with Gasteiger partial charge in [0.05, 0.1) is 0 Å². The van der Waals surface area contributed by atoms with Crippen LogP contribution < -0.4 is 0 Å². The number of hydrogen-bond acceptors (Lipinski definition) is 3. The first-order valence-electron chi connectivity index (χ1n) is 19.3. The van der Waals surface area contributed by atoms with E-state index in [9.17, 15) is 9.59 Å². The van der Waals surface area contributed by atoms with Crippen LogP contribution in [0.4, 0.5) is 0 Å². The lowest BCUT2D eigenvalue weighted by Crippen LogP contribution is -2.18. The van der Waals surface area contributed by atoms with E-state index in [1.54, 1.807) is 0 Å². The molecule has 0 aliphatic rings. The quantitative estimate of drug-likeness (QED) is 0.0436. The molecule has 0 saturated heterocycles. The first kappa shape index (κ1) is 42.4. The third-order valence-electron chi connectivity index (χ3n) is 8.66. The molecule has 4 nitrogen and oxygen atoms in total. The average Bonchev–Trinajstić information content (AvgIpc) is 3.00. The average molecular weight is 619 g/mol. The van der Waals surface area contributed by atoms with Gasteiger partial charge in [0.2, 0.25) is 0 Å². The molecular formula is C40H74O4. The normalized spacial score (nSPS) is 12.4. The number of carbonyl (C=O) groups excluding carboxylic acids is 1. The van der Waals surface area contributed by atoms with Gasteiger partial charge in [0, 0.05) is 12.8 Å². The van der Waals surface area contributed by atoms with E-state index in [1.165, 1.54) is 135 Å². The smallest absolute Gasteiger partial charge is 0.306 e. The van der Waals surface area contributed by atoms with E-state index >= 15 is 0 Å². The molecule has 0 rings (SSSR count). The number of unbranched alkanes of at least 4 members (excludes halogenated alkanes) is 22. The Labute approximate surface area is 274 Å². The molecule has 0 aliphatic heterocycles. The molecule has 0 radical (unpaired) electrons. The molecule has 4 heteroatoms. The van der Waals surface area contributed by atoms with Crippen molar-refractivity contribution in [3.63, 3.8) is 0 Å². The van der Waals surface area contributed by atoms with E-state index in [4.69, 9.17) is 9.84 Å². The molecule has 0 fully saturated rings. The van der Waals surface area contributed by atoms with Crippen molar-refractivity contribution in [2.24, 2.45) is 0 Å². The van der Waals surface area contributed by atoms with Gasteiger partial charge in [-0.05, 0) is 64.2 Å². The van der Waals surface area contributed by atoms with Gasteiger partial charge in [-0.3, -0.25) is 9.59 Å². The fourth-order valence-corrected chi connectivity index (χ4v) is 5.86. The van der Waals surface area contributed by atoms with E-state index in [2.05, 4.69) is 38.2 Å². The Morgan fingerprint density at radius 2 is 0.932 bits per heavy atom. The monoisotopic (exact) mass is 619 g/mol. The second-order valence-corrected chi connectivity index (χ2v) is 13.1. The van der Waals surface area contributed by atoms with Crippen LogP contribution in [0.3, 0.4) is 0 Å². The number of aliphatic carboxylic acids is 1. The van der Waals surface area contributed by atoms with E-state index in [1.807, 2.05) is 0 Å². The van der Waals surface area contributed by atoms with E-state index < -0.39 is 5.97 Å². The molecule has 0 aromatic carbocycles. The first-order chi connectivity index (χ1) is 21.6. The molecule has 1 unspecified atom stereocenters. The number of allylic oxidation sites excluding steroid dienone is 4. The topological polar surface area (TPSA) is 63.6 Å². The summed E-state index contributed by atoms with van der Waals surface area (Å²) in [6.45, 7) is 4.44. The van der Waals surface area contributed by atoms with Crippen LogP contribution in [-0.2, 0) is 14.3 Å². The highest BCUT2D eigenvalue weighted by Crippen LogP contribution is 2.17. The minimum absolute atomic E-state index is 0.0184. The summed E-state index contributed by atoms with van der Waals surface area (Å²) in [5.74, 6) is -0.647. The van der Waals surface area contributed by atoms with Crippen LogP contribution in [0.15, 0.2) is 24.3 Å². The summed E-state index contributed by atoms with van der Waals surface area (Å²) >= 11 is 0. The zero-order valence-corrected chi connectivity index (χ0v) is 29.5. The summed E-state index contributed by atoms with van der Waals surface area (Å²) < 4.78 is 5.87. The van der Waals surface area contributed by atoms with Crippen molar-refractivity contribution < 1.29 is 19.4 Å². The molecule has 0 amide bonds. The second kappa shape index (κ2) is 35.9. The summed E-state index contributed by atoms with van der Waals surface area (Å²) in [5.41, 5.74) is 0. The van der Waals surface area contributed by atoms with E-state index in [0.717, 1.165) is 51.4 Å². The Kier molecular flexibility index (Phi) is 34.6. The minimum atomic E-state index is -0.665. The molecule has 0 saturated carbocycles. The number of esters is 1. The van der Waals surface area contributed by atoms with Gasteiger partial charge in [-0.1, -0.05) is 160 Å². The Hall–Kier alpha value is -1.58. The summed E-state index contributed by atoms with van der Waals surface area (Å²) in [4.78, 5) is 22.9. The number of ether oxygens (including phenoxy) is 1. The molecule has 0 heterocycles. The SMILES string of the molecule is CCCCC/C=C\C/C=C\CCCCCCCC(=O)OC(CCC)CCCCCCCCCCCCCCCCCC(=O)O. The van der Waals surface area contributed by atoms with Gasteiger partial charge in [0.1, 0.15) is 6.10 Å². The van der Waals surface area contributed by atoms with Gasteiger partial charge in [0.25, 0.3) is 0 Å². The molecule has 0 aromatic heterocycles. The predicted octanol–water partition coefficient (Wildman–Crippen LogP) is 13.2. The fourth-order valence-electron chi connectivity index (χ4n) is 5.86. The third kappa shape index (κ3) is 34.9. The van der Waals surface area contributed by atoms with E-state index in [0.29, 0.717) is 12.8 Å². The molecule has 44 heavy (non-hydrogen) atoms. The molecule has 0 spiro atoms. The highest BCUT2D eigenvalue weighted by atomic mass is 16.5. The van der Waals surface area contributed by atoms with Gasteiger partial charge in [0.15, 0.2) is 0 Å². The van der Waals surface area contributed by atoms with Crippen molar-refractivity contribution in [2.75, 3.05) is 0 Å². The maximum absolute atomic E-state index is 12.4. The van der Waals surface area contributed by atoms with Crippen LogP contribution >= 0.6 is 0 Å². The number of rotatable bonds is 35. The number of carbonyl (C=O) groups is 2. The van der Waals surface area contributed by atoms with Crippen LogP contribution in [0.25, 0.3) is 0 Å². The van der Waals surface area contributed by atoms with Gasteiger partial charge in [-0.15, -0.1) is 0 Å². The van der Waals surface area contributed by atoms with Crippen molar-refractivity contribution in [3.8, 4) is 0 Å². The summed E-state index contributed by atoms with van der Waals surface area (Å²) in [5, 5.41) is 8.65. The molecule has 0 bridgehead atoms. The highest BCUT2D eigenvalue weighted by molar-refractivity contribution is 5.69.